The summed E-state index contributed by atoms with van der Waals surface area (Å²) in [7, 11) is 0. The minimum atomic E-state index is 0.190. The Morgan fingerprint density at radius 3 is 2.85 bits per heavy atom. The molecule has 0 saturated heterocycles. The van der Waals surface area contributed by atoms with Crippen molar-refractivity contribution in [1.29, 1.82) is 0 Å². The van der Waals surface area contributed by atoms with Crippen LogP contribution < -0.4 is 10.1 Å². The Balaban J connectivity index is 1.85. The van der Waals surface area contributed by atoms with Gasteiger partial charge in [0, 0.05) is 17.0 Å². The Bertz CT molecular complexity index is 488. The molecule has 1 aromatic rings. The molecule has 0 bridgehead atoms. The molecule has 110 valence electrons. The average molecular weight is 294 g/mol. The van der Waals surface area contributed by atoms with Gasteiger partial charge in [0.05, 0.1) is 6.61 Å². The lowest BCUT2D eigenvalue weighted by Crippen LogP contribution is -2.36. The lowest BCUT2D eigenvalue weighted by Gasteiger charge is -2.19. The predicted molar refractivity (Wildman–Crippen MR) is 85.9 cm³/mol. The van der Waals surface area contributed by atoms with Crippen LogP contribution in [-0.4, -0.2) is 18.7 Å². The van der Waals surface area contributed by atoms with Crippen molar-refractivity contribution in [3.8, 4) is 5.75 Å². The second-order valence-corrected chi connectivity index (χ2v) is 6.73. The van der Waals surface area contributed by atoms with Crippen molar-refractivity contribution in [3.05, 3.63) is 40.4 Å². The molecule has 0 amide bonds. The Morgan fingerprint density at radius 1 is 1.30 bits per heavy atom. The van der Waals surface area contributed by atoms with Crippen molar-refractivity contribution < 1.29 is 4.74 Å². The molecule has 1 heterocycles. The van der Waals surface area contributed by atoms with E-state index in [1.807, 2.05) is 12.1 Å². The summed E-state index contributed by atoms with van der Waals surface area (Å²) in [5.41, 5.74) is 2.63. The lowest BCUT2D eigenvalue weighted by molar-refractivity contribution is 0.354. The second-order valence-electron chi connectivity index (χ2n) is 6.29. The third-order valence-corrected chi connectivity index (χ3v) is 3.51. The summed E-state index contributed by atoms with van der Waals surface area (Å²) in [6, 6.07) is 4.04. The number of allylic oxidation sites excluding steroid dienone is 1. The summed E-state index contributed by atoms with van der Waals surface area (Å²) in [4.78, 5) is 0. The quantitative estimate of drug-likeness (QED) is 0.650. The Labute approximate surface area is 127 Å². The van der Waals surface area contributed by atoms with Gasteiger partial charge in [-0.3, -0.25) is 0 Å². The Morgan fingerprint density at radius 2 is 2.10 bits per heavy atom. The molecule has 0 fully saturated rings. The fraction of sp³-hybridized carbons (Fsp3) is 0.529. The van der Waals surface area contributed by atoms with Crippen LogP contribution in [0.25, 0.3) is 0 Å². The van der Waals surface area contributed by atoms with Crippen LogP contribution >= 0.6 is 11.6 Å². The van der Waals surface area contributed by atoms with Crippen LogP contribution in [0.5, 0.6) is 5.75 Å². The van der Waals surface area contributed by atoms with Crippen LogP contribution in [0.1, 0.15) is 38.3 Å². The third-order valence-electron chi connectivity index (χ3n) is 3.30. The zero-order valence-electron chi connectivity index (χ0n) is 12.6. The van der Waals surface area contributed by atoms with E-state index in [-0.39, 0.29) is 5.54 Å². The first-order valence-corrected chi connectivity index (χ1v) is 7.67. The highest BCUT2D eigenvalue weighted by atomic mass is 35.5. The Kier molecular flexibility index (Phi) is 5.11. The molecule has 0 atom stereocenters. The SMILES string of the molecule is CC(C)(C)NCC/C=C/Cc1cc(Cl)cc2c1OCC2. The molecule has 0 unspecified atom stereocenters. The van der Waals surface area contributed by atoms with Crippen molar-refractivity contribution in [2.24, 2.45) is 0 Å². The Hall–Kier alpha value is -0.990. The van der Waals surface area contributed by atoms with Crippen LogP contribution in [0, 0.1) is 0 Å². The summed E-state index contributed by atoms with van der Waals surface area (Å²) >= 11 is 6.15. The fourth-order valence-corrected chi connectivity index (χ4v) is 2.62. The fourth-order valence-electron chi connectivity index (χ4n) is 2.36. The highest BCUT2D eigenvalue weighted by Gasteiger charge is 2.16. The van der Waals surface area contributed by atoms with Crippen molar-refractivity contribution in [3.63, 3.8) is 0 Å². The number of rotatable bonds is 5. The topological polar surface area (TPSA) is 21.3 Å². The smallest absolute Gasteiger partial charge is 0.126 e. The molecule has 3 heteroatoms. The normalized spacial score (nSPS) is 14.6. The number of ether oxygens (including phenoxy) is 1. The van der Waals surface area contributed by atoms with Crippen molar-refractivity contribution in [1.82, 2.24) is 5.32 Å². The average Bonchev–Trinajstić information content (AvgIpc) is 2.79. The van der Waals surface area contributed by atoms with Crippen LogP contribution in [0.2, 0.25) is 5.02 Å². The maximum atomic E-state index is 6.15. The van der Waals surface area contributed by atoms with Gasteiger partial charge >= 0.3 is 0 Å². The van der Waals surface area contributed by atoms with E-state index in [9.17, 15) is 0 Å². The lowest BCUT2D eigenvalue weighted by atomic mass is 10.1. The van der Waals surface area contributed by atoms with Crippen LogP contribution in [0.3, 0.4) is 0 Å². The first-order chi connectivity index (χ1) is 9.46. The van der Waals surface area contributed by atoms with E-state index in [1.165, 1.54) is 11.1 Å². The molecule has 0 spiro atoms. The van der Waals surface area contributed by atoms with Gasteiger partial charge in [0.25, 0.3) is 0 Å². The summed E-state index contributed by atoms with van der Waals surface area (Å²) < 4.78 is 5.70. The maximum absolute atomic E-state index is 6.15. The summed E-state index contributed by atoms with van der Waals surface area (Å²) in [6.45, 7) is 8.34. The molecule has 0 saturated carbocycles. The van der Waals surface area contributed by atoms with Gasteiger partial charge in [0.15, 0.2) is 0 Å². The van der Waals surface area contributed by atoms with E-state index in [0.717, 1.165) is 43.2 Å². The van der Waals surface area contributed by atoms with Gasteiger partial charge in [0.1, 0.15) is 5.75 Å². The van der Waals surface area contributed by atoms with Crippen molar-refractivity contribution >= 4 is 11.6 Å². The van der Waals surface area contributed by atoms with Gasteiger partial charge in [-0.25, -0.2) is 0 Å². The molecule has 1 aromatic carbocycles. The molecule has 20 heavy (non-hydrogen) atoms. The van der Waals surface area contributed by atoms with Crippen molar-refractivity contribution in [2.75, 3.05) is 13.2 Å². The molecule has 1 N–H and O–H groups in total. The zero-order chi connectivity index (χ0) is 14.6. The van der Waals surface area contributed by atoms with Gasteiger partial charge in [-0.05, 0) is 63.4 Å². The largest absolute Gasteiger partial charge is 0.493 e. The van der Waals surface area contributed by atoms with Gasteiger partial charge in [-0.1, -0.05) is 23.8 Å². The molecular weight excluding hydrogens is 270 g/mol. The second kappa shape index (κ2) is 6.64. The minimum Gasteiger partial charge on any atom is -0.493 e. The number of fused-ring (bicyclic) bond motifs is 1. The van der Waals surface area contributed by atoms with E-state index >= 15 is 0 Å². The van der Waals surface area contributed by atoms with Crippen LogP contribution in [0.4, 0.5) is 0 Å². The molecule has 0 aromatic heterocycles. The van der Waals surface area contributed by atoms with E-state index in [0.29, 0.717) is 0 Å². The first-order valence-electron chi connectivity index (χ1n) is 7.30. The number of halogens is 1. The van der Waals surface area contributed by atoms with E-state index < -0.39 is 0 Å². The van der Waals surface area contributed by atoms with E-state index in [4.69, 9.17) is 16.3 Å². The first kappa shape index (κ1) is 15.4. The number of hydrogen-bond acceptors (Lipinski definition) is 2. The summed E-state index contributed by atoms with van der Waals surface area (Å²) in [5.74, 6) is 1.05. The monoisotopic (exact) mass is 293 g/mol. The van der Waals surface area contributed by atoms with Gasteiger partial charge in [-0.2, -0.15) is 0 Å². The molecule has 2 rings (SSSR count). The zero-order valence-corrected chi connectivity index (χ0v) is 13.4. The highest BCUT2D eigenvalue weighted by Crippen LogP contribution is 2.33. The maximum Gasteiger partial charge on any atom is 0.126 e. The van der Waals surface area contributed by atoms with Crippen LogP contribution in [0.15, 0.2) is 24.3 Å². The molecule has 0 radical (unpaired) electrons. The third kappa shape index (κ3) is 4.53. The number of benzene rings is 1. The van der Waals surface area contributed by atoms with Gasteiger partial charge in [0.2, 0.25) is 0 Å². The molecule has 1 aliphatic heterocycles. The van der Waals surface area contributed by atoms with Gasteiger partial charge < -0.3 is 10.1 Å². The highest BCUT2D eigenvalue weighted by molar-refractivity contribution is 6.30. The summed E-state index contributed by atoms with van der Waals surface area (Å²) in [6.07, 6.45) is 7.33. The molecule has 0 aliphatic carbocycles. The van der Waals surface area contributed by atoms with E-state index in [2.05, 4.69) is 38.2 Å². The number of nitrogens with one attached hydrogen (secondary N) is 1. The molecule has 1 aliphatic rings. The summed E-state index contributed by atoms with van der Waals surface area (Å²) in [5, 5.41) is 4.29. The molecule has 2 nitrogen and oxygen atoms in total. The van der Waals surface area contributed by atoms with Gasteiger partial charge in [-0.15, -0.1) is 0 Å². The van der Waals surface area contributed by atoms with Crippen molar-refractivity contribution in [2.45, 2.75) is 45.6 Å². The van der Waals surface area contributed by atoms with Crippen LogP contribution in [-0.2, 0) is 12.8 Å². The molecular formula is C17H24ClNO. The van der Waals surface area contributed by atoms with E-state index in [1.54, 1.807) is 0 Å². The minimum absolute atomic E-state index is 0.190. The number of hydrogen-bond donors (Lipinski definition) is 1. The predicted octanol–water partition coefficient (Wildman–Crippen LogP) is 4.15. The standard InChI is InChI=1S/C17H24ClNO/c1-17(2,3)19-9-6-4-5-7-13-11-15(18)12-14-8-10-20-16(13)14/h4-5,11-12,19H,6-10H2,1-3H3/b5-4+.